The predicted molar refractivity (Wildman–Crippen MR) is 79.2 cm³/mol. The second kappa shape index (κ2) is 5.88. The van der Waals surface area contributed by atoms with Crippen LogP contribution in [-0.4, -0.2) is 36.2 Å². The van der Waals surface area contributed by atoms with Crippen LogP contribution in [-0.2, 0) is 24.8 Å². The van der Waals surface area contributed by atoms with E-state index < -0.39 is 5.97 Å². The molecule has 0 radical (unpaired) electrons. The standard InChI is InChI=1S/C12H15ClN4O2S/c1-4-8-10-11(16(3)15-8)17(5-7(2)13)12(14-10)20-6-9(18)19/h2,4-6H2,1,3H3,(H,18,19). The number of hydrogen-bond donors (Lipinski definition) is 1. The van der Waals surface area contributed by atoms with E-state index in [0.717, 1.165) is 23.3 Å². The summed E-state index contributed by atoms with van der Waals surface area (Å²) in [4.78, 5) is 15.2. The Morgan fingerprint density at radius 2 is 2.25 bits per heavy atom. The van der Waals surface area contributed by atoms with Crippen molar-refractivity contribution in [1.29, 1.82) is 0 Å². The van der Waals surface area contributed by atoms with E-state index in [2.05, 4.69) is 16.7 Å². The molecule has 2 aromatic rings. The Kier molecular flexibility index (Phi) is 4.39. The molecule has 0 aliphatic rings. The van der Waals surface area contributed by atoms with Gasteiger partial charge in [0.15, 0.2) is 10.8 Å². The first-order chi connectivity index (χ1) is 9.43. The van der Waals surface area contributed by atoms with Crippen LogP contribution >= 0.6 is 23.4 Å². The predicted octanol–water partition coefficient (Wildman–Crippen LogP) is 2.26. The number of fused-ring (bicyclic) bond motifs is 1. The molecule has 0 fully saturated rings. The van der Waals surface area contributed by atoms with Gasteiger partial charge in [0, 0.05) is 12.1 Å². The zero-order valence-electron chi connectivity index (χ0n) is 11.3. The van der Waals surface area contributed by atoms with Gasteiger partial charge in [-0.2, -0.15) is 5.10 Å². The largest absolute Gasteiger partial charge is 0.481 e. The van der Waals surface area contributed by atoms with Crippen LogP contribution in [0.25, 0.3) is 11.2 Å². The van der Waals surface area contributed by atoms with Gasteiger partial charge in [-0.05, 0) is 6.42 Å². The first kappa shape index (κ1) is 14.9. The fourth-order valence-corrected chi connectivity index (χ4v) is 2.85. The van der Waals surface area contributed by atoms with Gasteiger partial charge in [0.1, 0.15) is 5.52 Å². The number of aliphatic carboxylic acids is 1. The maximum Gasteiger partial charge on any atom is 0.313 e. The number of halogens is 1. The zero-order chi connectivity index (χ0) is 14.9. The average molecular weight is 315 g/mol. The number of nitrogens with zero attached hydrogens (tertiary/aromatic N) is 4. The van der Waals surface area contributed by atoms with Gasteiger partial charge in [-0.1, -0.05) is 36.9 Å². The molecular formula is C12H15ClN4O2S. The minimum atomic E-state index is -0.882. The van der Waals surface area contributed by atoms with E-state index in [9.17, 15) is 4.79 Å². The van der Waals surface area contributed by atoms with Crippen molar-refractivity contribution in [3.05, 3.63) is 17.3 Å². The Labute approximate surface area is 125 Å². The maximum atomic E-state index is 10.7. The summed E-state index contributed by atoms with van der Waals surface area (Å²) in [6, 6.07) is 0. The zero-order valence-corrected chi connectivity index (χ0v) is 12.8. The van der Waals surface area contributed by atoms with E-state index in [4.69, 9.17) is 16.7 Å². The smallest absolute Gasteiger partial charge is 0.313 e. The number of aromatic nitrogens is 4. The number of allylic oxidation sites excluding steroid dienone is 1. The van der Waals surface area contributed by atoms with Crippen molar-refractivity contribution in [2.45, 2.75) is 25.0 Å². The molecule has 0 aliphatic carbocycles. The fraction of sp³-hybridized carbons (Fsp3) is 0.417. The van der Waals surface area contributed by atoms with E-state index in [0.29, 0.717) is 16.7 Å². The molecule has 0 aliphatic heterocycles. The normalized spacial score (nSPS) is 11.2. The van der Waals surface area contributed by atoms with Gasteiger partial charge in [-0.15, -0.1) is 0 Å². The first-order valence-electron chi connectivity index (χ1n) is 6.04. The number of aryl methyl sites for hydroxylation is 2. The van der Waals surface area contributed by atoms with Crippen LogP contribution in [0.5, 0.6) is 0 Å². The Morgan fingerprint density at radius 1 is 1.55 bits per heavy atom. The highest BCUT2D eigenvalue weighted by molar-refractivity contribution is 7.99. The Hall–Kier alpha value is -1.47. The summed E-state index contributed by atoms with van der Waals surface area (Å²) in [6.07, 6.45) is 0.763. The molecule has 20 heavy (non-hydrogen) atoms. The molecule has 0 spiro atoms. The van der Waals surface area contributed by atoms with Gasteiger partial charge >= 0.3 is 5.97 Å². The number of thioether (sulfide) groups is 1. The van der Waals surface area contributed by atoms with E-state index >= 15 is 0 Å². The Bertz CT molecular complexity index is 677. The van der Waals surface area contributed by atoms with Gasteiger partial charge in [0.05, 0.1) is 18.0 Å². The van der Waals surface area contributed by atoms with Crippen LogP contribution in [0.2, 0.25) is 0 Å². The summed E-state index contributed by atoms with van der Waals surface area (Å²) >= 11 is 7.07. The quantitative estimate of drug-likeness (QED) is 0.828. The summed E-state index contributed by atoms with van der Waals surface area (Å²) < 4.78 is 3.59. The minimum Gasteiger partial charge on any atom is -0.481 e. The summed E-state index contributed by atoms with van der Waals surface area (Å²) in [6.45, 7) is 6.07. The molecule has 0 aromatic carbocycles. The van der Waals surface area contributed by atoms with Crippen molar-refractivity contribution in [2.24, 2.45) is 7.05 Å². The maximum absolute atomic E-state index is 10.7. The summed E-state index contributed by atoms with van der Waals surface area (Å²) in [5, 5.41) is 14.3. The number of hydrogen-bond acceptors (Lipinski definition) is 4. The SMILES string of the molecule is C=C(Cl)Cn1c(SCC(=O)O)nc2c(CC)nn(C)c21. The molecule has 0 saturated heterocycles. The average Bonchev–Trinajstić information content (AvgIpc) is 2.85. The van der Waals surface area contributed by atoms with Crippen molar-refractivity contribution in [1.82, 2.24) is 19.3 Å². The van der Waals surface area contributed by atoms with Crippen LogP contribution in [0.4, 0.5) is 0 Å². The third kappa shape index (κ3) is 2.83. The highest BCUT2D eigenvalue weighted by atomic mass is 35.5. The second-order valence-electron chi connectivity index (χ2n) is 4.28. The van der Waals surface area contributed by atoms with Gasteiger partial charge in [-0.25, -0.2) is 4.98 Å². The summed E-state index contributed by atoms with van der Waals surface area (Å²) in [5.74, 6) is -0.931. The van der Waals surface area contributed by atoms with Gasteiger partial charge in [0.25, 0.3) is 0 Å². The fourth-order valence-electron chi connectivity index (χ4n) is 2.01. The van der Waals surface area contributed by atoms with Gasteiger partial charge < -0.3 is 5.11 Å². The molecule has 1 N–H and O–H groups in total. The second-order valence-corrected chi connectivity index (χ2v) is 5.75. The number of carboxylic acid groups (broad SMARTS) is 1. The molecule has 6 nitrogen and oxygen atoms in total. The highest BCUT2D eigenvalue weighted by Crippen LogP contribution is 2.27. The van der Waals surface area contributed by atoms with Crippen LogP contribution in [0.3, 0.4) is 0 Å². The van der Waals surface area contributed by atoms with Crippen molar-refractivity contribution < 1.29 is 9.90 Å². The van der Waals surface area contributed by atoms with Crippen molar-refractivity contribution in [2.75, 3.05) is 5.75 Å². The number of carbonyl (C=O) groups is 1. The van der Waals surface area contributed by atoms with E-state index in [1.807, 2.05) is 18.5 Å². The molecule has 2 aromatic heterocycles. The summed E-state index contributed by atoms with van der Waals surface area (Å²) in [5.41, 5.74) is 2.51. The van der Waals surface area contributed by atoms with Crippen LogP contribution in [0.1, 0.15) is 12.6 Å². The van der Waals surface area contributed by atoms with Crippen molar-refractivity contribution in [3.8, 4) is 0 Å². The lowest BCUT2D eigenvalue weighted by Crippen LogP contribution is -2.06. The molecule has 0 saturated carbocycles. The molecule has 2 heterocycles. The third-order valence-electron chi connectivity index (χ3n) is 2.75. The molecule has 0 amide bonds. The first-order valence-corrected chi connectivity index (χ1v) is 7.40. The molecular weight excluding hydrogens is 300 g/mol. The number of rotatable bonds is 6. The van der Waals surface area contributed by atoms with Crippen molar-refractivity contribution in [3.63, 3.8) is 0 Å². The van der Waals surface area contributed by atoms with Crippen molar-refractivity contribution >= 4 is 40.5 Å². The van der Waals surface area contributed by atoms with Crippen LogP contribution in [0.15, 0.2) is 16.8 Å². The Morgan fingerprint density at radius 3 is 2.80 bits per heavy atom. The highest BCUT2D eigenvalue weighted by Gasteiger charge is 2.19. The van der Waals surface area contributed by atoms with E-state index in [1.165, 1.54) is 11.8 Å². The lowest BCUT2D eigenvalue weighted by atomic mass is 10.3. The molecule has 0 atom stereocenters. The molecule has 8 heteroatoms. The number of carboxylic acids is 1. The van der Waals surface area contributed by atoms with Gasteiger partial charge in [-0.3, -0.25) is 14.0 Å². The molecule has 108 valence electrons. The minimum absolute atomic E-state index is 0.0486. The molecule has 0 unspecified atom stereocenters. The molecule has 2 rings (SSSR count). The number of imidazole rings is 1. The summed E-state index contributed by atoms with van der Waals surface area (Å²) in [7, 11) is 1.84. The lowest BCUT2D eigenvalue weighted by Gasteiger charge is -2.07. The Balaban J connectivity index is 2.54. The molecule has 0 bridgehead atoms. The van der Waals surface area contributed by atoms with E-state index in [1.54, 1.807) is 4.68 Å². The lowest BCUT2D eigenvalue weighted by molar-refractivity contribution is -0.133. The topological polar surface area (TPSA) is 72.9 Å². The van der Waals surface area contributed by atoms with Crippen LogP contribution < -0.4 is 0 Å². The monoisotopic (exact) mass is 314 g/mol. The van der Waals surface area contributed by atoms with E-state index in [-0.39, 0.29) is 5.75 Å². The van der Waals surface area contributed by atoms with Crippen LogP contribution in [0, 0.1) is 0 Å². The third-order valence-corrected chi connectivity index (χ3v) is 3.83. The van der Waals surface area contributed by atoms with Gasteiger partial charge in [0.2, 0.25) is 0 Å².